The zero-order chi connectivity index (χ0) is 21.8. The summed E-state index contributed by atoms with van der Waals surface area (Å²) in [5.41, 5.74) is 3.27. The Labute approximate surface area is 181 Å². The lowest BCUT2D eigenvalue weighted by atomic mass is 9.91. The SMILES string of the molecule is CC(=O)Nc1ccc(OCCCN2CCC(c3noc4cc(F)ccc34)CC2)cc1C. The van der Waals surface area contributed by atoms with Gasteiger partial charge in [-0.1, -0.05) is 5.16 Å². The van der Waals surface area contributed by atoms with Crippen molar-refractivity contribution in [1.82, 2.24) is 10.1 Å². The molecule has 1 fully saturated rings. The molecule has 0 aliphatic carbocycles. The molecule has 0 radical (unpaired) electrons. The van der Waals surface area contributed by atoms with Crippen molar-refractivity contribution in [1.29, 1.82) is 0 Å². The van der Waals surface area contributed by atoms with Crippen LogP contribution in [0.25, 0.3) is 11.0 Å². The van der Waals surface area contributed by atoms with Crippen LogP contribution in [0.4, 0.5) is 10.1 Å². The Kier molecular flexibility index (Phi) is 6.51. The molecule has 6 nitrogen and oxygen atoms in total. The van der Waals surface area contributed by atoms with Crippen molar-refractivity contribution in [2.24, 2.45) is 0 Å². The van der Waals surface area contributed by atoms with Crippen LogP contribution >= 0.6 is 0 Å². The molecular formula is C24H28FN3O3. The summed E-state index contributed by atoms with van der Waals surface area (Å²) in [5.74, 6) is 0.793. The van der Waals surface area contributed by atoms with Crippen LogP contribution in [0, 0.1) is 12.7 Å². The first kappa shape index (κ1) is 21.3. The van der Waals surface area contributed by atoms with Gasteiger partial charge in [0.1, 0.15) is 11.6 Å². The summed E-state index contributed by atoms with van der Waals surface area (Å²) < 4.78 is 24.6. The maximum Gasteiger partial charge on any atom is 0.221 e. The van der Waals surface area contributed by atoms with Crippen molar-refractivity contribution in [2.75, 3.05) is 31.6 Å². The van der Waals surface area contributed by atoms with Crippen LogP contribution < -0.4 is 10.1 Å². The summed E-state index contributed by atoms with van der Waals surface area (Å²) in [6.45, 7) is 7.10. The first-order valence-corrected chi connectivity index (χ1v) is 10.8. The number of aromatic nitrogens is 1. The van der Waals surface area contributed by atoms with E-state index in [9.17, 15) is 9.18 Å². The minimum Gasteiger partial charge on any atom is -0.494 e. The number of anilines is 1. The van der Waals surface area contributed by atoms with Crippen molar-refractivity contribution in [3.05, 3.63) is 53.5 Å². The number of ether oxygens (including phenoxy) is 1. The van der Waals surface area contributed by atoms with Crippen LogP contribution in [0.1, 0.15) is 43.4 Å². The highest BCUT2D eigenvalue weighted by molar-refractivity contribution is 5.89. The Morgan fingerprint density at radius 1 is 1.26 bits per heavy atom. The molecule has 2 aromatic carbocycles. The fourth-order valence-corrected chi connectivity index (χ4v) is 4.19. The number of piperidine rings is 1. The molecule has 0 unspecified atom stereocenters. The molecule has 3 aromatic rings. The molecule has 1 aliphatic rings. The fraction of sp³-hybridized carbons (Fsp3) is 0.417. The van der Waals surface area contributed by atoms with Crippen LogP contribution in [0.5, 0.6) is 5.75 Å². The second-order valence-corrected chi connectivity index (χ2v) is 8.18. The van der Waals surface area contributed by atoms with Gasteiger partial charge in [0.15, 0.2) is 5.58 Å². The van der Waals surface area contributed by atoms with Crippen molar-refractivity contribution < 1.29 is 18.4 Å². The molecule has 0 bridgehead atoms. The second-order valence-electron chi connectivity index (χ2n) is 8.18. The Hall–Kier alpha value is -2.93. The van der Waals surface area contributed by atoms with E-state index in [1.807, 2.05) is 25.1 Å². The third-order valence-corrected chi connectivity index (χ3v) is 5.83. The van der Waals surface area contributed by atoms with Gasteiger partial charge in [-0.3, -0.25) is 4.79 Å². The van der Waals surface area contributed by atoms with Gasteiger partial charge >= 0.3 is 0 Å². The summed E-state index contributed by atoms with van der Waals surface area (Å²) >= 11 is 0. The van der Waals surface area contributed by atoms with E-state index in [1.54, 1.807) is 6.07 Å². The third-order valence-electron chi connectivity index (χ3n) is 5.83. The number of fused-ring (bicyclic) bond motifs is 1. The van der Waals surface area contributed by atoms with Gasteiger partial charge in [-0.25, -0.2) is 4.39 Å². The largest absolute Gasteiger partial charge is 0.494 e. The van der Waals surface area contributed by atoms with E-state index in [0.717, 1.165) is 67.0 Å². The van der Waals surface area contributed by atoms with Gasteiger partial charge in [0.25, 0.3) is 0 Å². The van der Waals surface area contributed by atoms with Crippen LogP contribution in [0.15, 0.2) is 40.9 Å². The first-order chi connectivity index (χ1) is 15.0. The predicted octanol–water partition coefficient (Wildman–Crippen LogP) is 4.88. The minimum atomic E-state index is -0.300. The highest BCUT2D eigenvalue weighted by Crippen LogP contribution is 2.32. The Morgan fingerprint density at radius 3 is 2.81 bits per heavy atom. The number of aryl methyl sites for hydroxylation is 1. The van der Waals surface area contributed by atoms with E-state index in [2.05, 4.69) is 15.4 Å². The average Bonchev–Trinajstić information content (AvgIpc) is 3.16. The first-order valence-electron chi connectivity index (χ1n) is 10.8. The molecular weight excluding hydrogens is 397 g/mol. The standard InChI is InChI=1S/C24H28FN3O3/c1-16-14-20(5-7-22(16)26-17(2)29)30-13-3-10-28-11-8-18(9-12-28)24-21-6-4-19(25)15-23(21)31-27-24/h4-7,14-15,18H,3,8-13H2,1-2H3,(H,26,29). The van der Waals surface area contributed by atoms with E-state index in [4.69, 9.17) is 9.26 Å². The van der Waals surface area contributed by atoms with E-state index < -0.39 is 0 Å². The molecule has 164 valence electrons. The molecule has 1 amide bonds. The Morgan fingerprint density at radius 2 is 2.06 bits per heavy atom. The second kappa shape index (κ2) is 9.47. The topological polar surface area (TPSA) is 67.6 Å². The Bertz CT molecular complexity index is 1060. The number of amides is 1. The van der Waals surface area contributed by atoms with E-state index in [-0.39, 0.29) is 11.7 Å². The molecule has 0 saturated carbocycles. The van der Waals surface area contributed by atoms with E-state index in [0.29, 0.717) is 18.1 Å². The van der Waals surface area contributed by atoms with Gasteiger partial charge in [-0.05, 0) is 75.2 Å². The number of rotatable bonds is 7. The zero-order valence-electron chi connectivity index (χ0n) is 18.0. The van der Waals surface area contributed by atoms with Crippen molar-refractivity contribution in [3.8, 4) is 5.75 Å². The summed E-state index contributed by atoms with van der Waals surface area (Å²) in [6, 6.07) is 10.3. The monoisotopic (exact) mass is 425 g/mol. The van der Waals surface area contributed by atoms with Crippen molar-refractivity contribution in [3.63, 3.8) is 0 Å². The molecule has 1 aromatic heterocycles. The minimum absolute atomic E-state index is 0.0776. The zero-order valence-corrected chi connectivity index (χ0v) is 18.0. The highest BCUT2D eigenvalue weighted by Gasteiger charge is 2.25. The van der Waals surface area contributed by atoms with E-state index >= 15 is 0 Å². The lowest BCUT2D eigenvalue weighted by Crippen LogP contribution is -2.34. The number of nitrogens with zero attached hydrogens (tertiary/aromatic N) is 2. The maximum absolute atomic E-state index is 13.4. The Balaban J connectivity index is 1.21. The number of halogens is 1. The molecule has 31 heavy (non-hydrogen) atoms. The molecule has 0 spiro atoms. The number of carbonyl (C=O) groups is 1. The molecule has 2 heterocycles. The lowest BCUT2D eigenvalue weighted by molar-refractivity contribution is -0.114. The van der Waals surface area contributed by atoms with Gasteiger partial charge in [0.05, 0.1) is 12.3 Å². The van der Waals surface area contributed by atoms with Crippen LogP contribution in [-0.2, 0) is 4.79 Å². The summed E-state index contributed by atoms with van der Waals surface area (Å²) in [5, 5.41) is 7.95. The molecule has 1 N–H and O–H groups in total. The number of carbonyl (C=O) groups excluding carboxylic acids is 1. The number of hydrogen-bond acceptors (Lipinski definition) is 5. The summed E-state index contributed by atoms with van der Waals surface area (Å²) in [7, 11) is 0. The quantitative estimate of drug-likeness (QED) is 0.547. The van der Waals surface area contributed by atoms with Gasteiger partial charge in [-0.2, -0.15) is 0 Å². The number of nitrogens with one attached hydrogen (secondary N) is 1. The van der Waals surface area contributed by atoms with Crippen molar-refractivity contribution >= 4 is 22.6 Å². The van der Waals surface area contributed by atoms with E-state index in [1.165, 1.54) is 19.1 Å². The average molecular weight is 426 g/mol. The van der Waals surface area contributed by atoms with Crippen LogP contribution in [0.2, 0.25) is 0 Å². The molecule has 4 rings (SSSR count). The number of benzene rings is 2. The predicted molar refractivity (Wildman–Crippen MR) is 118 cm³/mol. The van der Waals surface area contributed by atoms with Crippen molar-refractivity contribution in [2.45, 2.75) is 39.0 Å². The normalized spacial score (nSPS) is 15.3. The number of likely N-dealkylation sites (tertiary alicyclic amines) is 1. The molecule has 1 saturated heterocycles. The molecule has 7 heteroatoms. The maximum atomic E-state index is 13.4. The smallest absolute Gasteiger partial charge is 0.221 e. The lowest BCUT2D eigenvalue weighted by Gasteiger charge is -2.31. The van der Waals surface area contributed by atoms with Crippen LogP contribution in [0.3, 0.4) is 0 Å². The summed E-state index contributed by atoms with van der Waals surface area (Å²) in [6.07, 6.45) is 2.98. The van der Waals surface area contributed by atoms with Gasteiger partial charge in [0.2, 0.25) is 5.91 Å². The van der Waals surface area contributed by atoms with Gasteiger partial charge < -0.3 is 19.5 Å². The van der Waals surface area contributed by atoms with Crippen LogP contribution in [-0.4, -0.2) is 42.2 Å². The van der Waals surface area contributed by atoms with Gasteiger partial charge in [-0.15, -0.1) is 0 Å². The highest BCUT2D eigenvalue weighted by atomic mass is 19.1. The fourth-order valence-electron chi connectivity index (χ4n) is 4.19. The number of hydrogen-bond donors (Lipinski definition) is 1. The molecule has 0 atom stereocenters. The molecule has 1 aliphatic heterocycles. The third kappa shape index (κ3) is 5.22. The summed E-state index contributed by atoms with van der Waals surface area (Å²) in [4.78, 5) is 13.7. The van der Waals surface area contributed by atoms with Gasteiger partial charge in [0, 0.05) is 36.5 Å².